The number of pyridine rings is 1. The summed E-state index contributed by atoms with van der Waals surface area (Å²) >= 11 is 5.70. The van der Waals surface area contributed by atoms with Crippen molar-refractivity contribution in [2.45, 2.75) is 49.5 Å². The number of nitrogens with one attached hydrogen (secondary N) is 1. The molecule has 0 unspecified atom stereocenters. The van der Waals surface area contributed by atoms with Crippen LogP contribution >= 0.6 is 11.6 Å². The number of nitrogens with zero attached hydrogens (tertiary/aromatic N) is 1. The average Bonchev–Trinajstić information content (AvgIpc) is 2.48. The van der Waals surface area contributed by atoms with Crippen molar-refractivity contribution >= 4 is 21.6 Å². The van der Waals surface area contributed by atoms with E-state index in [0.29, 0.717) is 25.7 Å². The summed E-state index contributed by atoms with van der Waals surface area (Å²) in [6.45, 7) is 0.944. The quantitative estimate of drug-likeness (QED) is 0.615. The van der Waals surface area contributed by atoms with Gasteiger partial charge in [-0.15, -0.1) is 0 Å². The van der Waals surface area contributed by atoms with Crippen LogP contribution in [-0.4, -0.2) is 32.7 Å². The van der Waals surface area contributed by atoms with Gasteiger partial charge < -0.3 is 4.74 Å². The predicted molar refractivity (Wildman–Crippen MR) is 81.9 cm³/mol. The largest absolute Gasteiger partial charge is 0.378 e. The van der Waals surface area contributed by atoms with Gasteiger partial charge in [0.15, 0.2) is 0 Å². The lowest BCUT2D eigenvalue weighted by Gasteiger charge is -2.21. The molecular formula is C14H21ClN2O3S. The first kappa shape index (κ1) is 16.7. The Kier molecular flexibility index (Phi) is 6.41. The fourth-order valence-corrected chi connectivity index (χ4v) is 3.72. The molecule has 1 aliphatic carbocycles. The first-order chi connectivity index (χ1) is 10.1. The van der Waals surface area contributed by atoms with Crippen molar-refractivity contribution in [2.24, 2.45) is 0 Å². The summed E-state index contributed by atoms with van der Waals surface area (Å²) in [5.74, 6) is 0. The van der Waals surface area contributed by atoms with Gasteiger partial charge in [0, 0.05) is 19.3 Å². The molecule has 1 aliphatic rings. The molecule has 0 spiro atoms. The molecule has 0 saturated heterocycles. The summed E-state index contributed by atoms with van der Waals surface area (Å²) in [6, 6.07) is 2.76. The molecule has 21 heavy (non-hydrogen) atoms. The number of aromatic nitrogens is 1. The number of halogens is 1. The summed E-state index contributed by atoms with van der Waals surface area (Å²) in [6.07, 6.45) is 8.42. The molecule has 0 bridgehead atoms. The van der Waals surface area contributed by atoms with E-state index in [1.54, 1.807) is 0 Å². The maximum atomic E-state index is 12.0. The minimum absolute atomic E-state index is 0.135. The molecule has 0 amide bonds. The lowest BCUT2D eigenvalue weighted by Crippen LogP contribution is -2.26. The Bertz CT molecular complexity index is 545. The van der Waals surface area contributed by atoms with E-state index in [9.17, 15) is 8.42 Å². The zero-order valence-corrected chi connectivity index (χ0v) is 13.5. The first-order valence-electron chi connectivity index (χ1n) is 7.31. The second-order valence-corrected chi connectivity index (χ2v) is 7.35. The fraction of sp³-hybridized carbons (Fsp3) is 0.643. The van der Waals surface area contributed by atoms with Crippen LogP contribution in [0.3, 0.4) is 0 Å². The van der Waals surface area contributed by atoms with Crippen LogP contribution in [0.15, 0.2) is 23.2 Å². The summed E-state index contributed by atoms with van der Waals surface area (Å²) in [5, 5.41) is 0.165. The van der Waals surface area contributed by atoms with Crippen LogP contribution < -0.4 is 4.72 Å². The lowest BCUT2D eigenvalue weighted by atomic mass is 9.98. The van der Waals surface area contributed by atoms with Crippen molar-refractivity contribution in [2.75, 3.05) is 13.2 Å². The van der Waals surface area contributed by atoms with Crippen molar-refractivity contribution in [1.82, 2.24) is 9.71 Å². The molecule has 1 heterocycles. The molecule has 1 aromatic heterocycles. The molecular weight excluding hydrogens is 312 g/mol. The van der Waals surface area contributed by atoms with Crippen molar-refractivity contribution < 1.29 is 13.2 Å². The minimum Gasteiger partial charge on any atom is -0.378 e. The SMILES string of the molecule is O=S(=O)(NCCCOC1CCCCC1)c1ccnc(Cl)c1. The van der Waals surface area contributed by atoms with Crippen LogP contribution in [0, 0.1) is 0 Å². The predicted octanol–water partition coefficient (Wildman–Crippen LogP) is 2.75. The second-order valence-electron chi connectivity index (χ2n) is 5.20. The van der Waals surface area contributed by atoms with Crippen molar-refractivity contribution in [3.05, 3.63) is 23.5 Å². The summed E-state index contributed by atoms with van der Waals surface area (Å²) < 4.78 is 32.3. The smallest absolute Gasteiger partial charge is 0.240 e. The highest BCUT2D eigenvalue weighted by atomic mass is 35.5. The van der Waals surface area contributed by atoms with Crippen molar-refractivity contribution in [1.29, 1.82) is 0 Å². The van der Waals surface area contributed by atoms with Gasteiger partial charge in [-0.2, -0.15) is 0 Å². The maximum absolute atomic E-state index is 12.0. The molecule has 0 aliphatic heterocycles. The third-order valence-corrected chi connectivity index (χ3v) is 5.19. The summed E-state index contributed by atoms with van der Waals surface area (Å²) in [4.78, 5) is 3.90. The molecule has 0 atom stereocenters. The van der Waals surface area contributed by atoms with E-state index in [-0.39, 0.29) is 10.0 Å². The number of sulfonamides is 1. The molecule has 118 valence electrons. The topological polar surface area (TPSA) is 68.3 Å². The molecule has 5 nitrogen and oxygen atoms in total. The summed E-state index contributed by atoms with van der Waals surface area (Å²) in [7, 11) is -3.52. The van der Waals surface area contributed by atoms with Crippen molar-refractivity contribution in [3.8, 4) is 0 Å². The van der Waals surface area contributed by atoms with Crippen LogP contribution in [0.5, 0.6) is 0 Å². The standard InChI is InChI=1S/C14H21ClN2O3S/c15-14-11-13(7-9-16-14)21(18,19)17-8-4-10-20-12-5-2-1-3-6-12/h7,9,11-12,17H,1-6,8,10H2. The fourth-order valence-electron chi connectivity index (χ4n) is 2.40. The zero-order chi connectivity index (χ0) is 15.1. The average molecular weight is 333 g/mol. The Morgan fingerprint density at radius 3 is 2.81 bits per heavy atom. The zero-order valence-electron chi connectivity index (χ0n) is 11.9. The maximum Gasteiger partial charge on any atom is 0.240 e. The second kappa shape index (κ2) is 8.08. The van der Waals surface area contributed by atoms with Crippen molar-refractivity contribution in [3.63, 3.8) is 0 Å². The van der Waals surface area contributed by atoms with E-state index >= 15 is 0 Å². The Hall–Kier alpha value is -0.690. The van der Waals surface area contributed by atoms with Crippen LogP contribution in [-0.2, 0) is 14.8 Å². The molecule has 2 rings (SSSR count). The molecule has 0 aromatic carbocycles. The molecule has 1 saturated carbocycles. The van der Waals surface area contributed by atoms with Gasteiger partial charge in [-0.3, -0.25) is 0 Å². The number of hydrogen-bond acceptors (Lipinski definition) is 4. The van der Waals surface area contributed by atoms with E-state index in [1.165, 1.54) is 37.6 Å². The molecule has 1 aromatic rings. The molecule has 0 radical (unpaired) electrons. The number of ether oxygens (including phenoxy) is 1. The van der Waals surface area contributed by atoms with E-state index in [0.717, 1.165) is 12.8 Å². The highest BCUT2D eigenvalue weighted by Crippen LogP contribution is 2.20. The number of rotatable bonds is 7. The van der Waals surface area contributed by atoms with Gasteiger partial charge in [0.05, 0.1) is 11.0 Å². The summed E-state index contributed by atoms with van der Waals surface area (Å²) in [5.41, 5.74) is 0. The lowest BCUT2D eigenvalue weighted by molar-refractivity contribution is 0.0278. The van der Waals surface area contributed by atoms with Crippen LogP contribution in [0.2, 0.25) is 5.15 Å². The highest BCUT2D eigenvalue weighted by Gasteiger charge is 2.15. The first-order valence-corrected chi connectivity index (χ1v) is 9.17. The van der Waals surface area contributed by atoms with E-state index in [4.69, 9.17) is 16.3 Å². The molecule has 1 N–H and O–H groups in total. The molecule has 7 heteroatoms. The highest BCUT2D eigenvalue weighted by molar-refractivity contribution is 7.89. The van der Waals surface area contributed by atoms with Crippen LogP contribution in [0.25, 0.3) is 0 Å². The monoisotopic (exact) mass is 332 g/mol. The van der Waals surface area contributed by atoms with E-state index in [2.05, 4.69) is 9.71 Å². The Balaban J connectivity index is 1.70. The van der Waals surface area contributed by atoms with Gasteiger partial charge in [-0.05, 0) is 31.4 Å². The third-order valence-electron chi connectivity index (χ3n) is 3.53. The minimum atomic E-state index is -3.52. The Morgan fingerprint density at radius 1 is 1.33 bits per heavy atom. The van der Waals surface area contributed by atoms with E-state index < -0.39 is 10.0 Å². The van der Waals surface area contributed by atoms with Gasteiger partial charge in [-0.1, -0.05) is 30.9 Å². The van der Waals surface area contributed by atoms with Crippen LogP contribution in [0.1, 0.15) is 38.5 Å². The van der Waals surface area contributed by atoms with E-state index in [1.807, 2.05) is 0 Å². The normalized spacial score (nSPS) is 17.0. The van der Waals surface area contributed by atoms with Gasteiger partial charge in [0.1, 0.15) is 5.15 Å². The Labute approximate surface area is 131 Å². The third kappa shape index (κ3) is 5.54. The molecule has 1 fully saturated rings. The van der Waals surface area contributed by atoms with Gasteiger partial charge in [0.2, 0.25) is 10.0 Å². The van der Waals surface area contributed by atoms with Crippen LogP contribution in [0.4, 0.5) is 0 Å². The number of hydrogen-bond donors (Lipinski definition) is 1. The van der Waals surface area contributed by atoms with Gasteiger partial charge >= 0.3 is 0 Å². The van der Waals surface area contributed by atoms with Gasteiger partial charge in [-0.25, -0.2) is 18.1 Å². The van der Waals surface area contributed by atoms with Gasteiger partial charge in [0.25, 0.3) is 0 Å². The Morgan fingerprint density at radius 2 is 2.10 bits per heavy atom.